The van der Waals surface area contributed by atoms with Crippen molar-refractivity contribution in [3.63, 3.8) is 0 Å². The lowest BCUT2D eigenvalue weighted by Gasteiger charge is -2.12. The van der Waals surface area contributed by atoms with E-state index in [9.17, 15) is 18.0 Å². The number of carbonyl (C=O) groups is 2. The second-order valence-electron chi connectivity index (χ2n) is 5.35. The fraction of sp³-hybridized carbons (Fsp3) is 0.500. The van der Waals surface area contributed by atoms with Gasteiger partial charge in [0.05, 0.1) is 23.0 Å². The van der Waals surface area contributed by atoms with Gasteiger partial charge in [0, 0.05) is 6.54 Å². The molecule has 6 nitrogen and oxygen atoms in total. The van der Waals surface area contributed by atoms with Crippen LogP contribution in [0.3, 0.4) is 0 Å². The molecule has 1 rings (SSSR count). The largest absolute Gasteiger partial charge is 0.481 e. The molecule has 7 heteroatoms. The van der Waals surface area contributed by atoms with E-state index in [0.717, 1.165) is 6.42 Å². The maximum absolute atomic E-state index is 11.9. The number of hydrogen-bond acceptors (Lipinski definition) is 4. The molecule has 0 aliphatic heterocycles. The van der Waals surface area contributed by atoms with Gasteiger partial charge in [0.25, 0.3) is 0 Å². The molecule has 1 aromatic carbocycles. The molecule has 1 amide bonds. The first-order valence-corrected chi connectivity index (χ1v) is 9.26. The van der Waals surface area contributed by atoms with Crippen molar-refractivity contribution in [2.75, 3.05) is 12.3 Å². The standard InChI is InChI=1S/C16H23NO5S/c1-3-5-13(16(19)20)11-17-15(18)10-12-6-8-14(9-7-12)23(21,22)4-2/h6-9,13H,3-5,10-11H2,1-2H3,(H,17,18)(H,19,20). The Balaban J connectivity index is 2.59. The molecule has 0 radical (unpaired) electrons. The average Bonchev–Trinajstić information content (AvgIpc) is 2.51. The Labute approximate surface area is 136 Å². The van der Waals surface area contributed by atoms with Crippen molar-refractivity contribution < 1.29 is 23.1 Å². The van der Waals surface area contributed by atoms with Crippen LogP contribution >= 0.6 is 0 Å². The van der Waals surface area contributed by atoms with Gasteiger partial charge in [-0.2, -0.15) is 0 Å². The zero-order chi connectivity index (χ0) is 17.5. The summed E-state index contributed by atoms with van der Waals surface area (Å²) in [5.74, 6) is -1.75. The molecule has 1 unspecified atom stereocenters. The van der Waals surface area contributed by atoms with Crippen LogP contribution in [0, 0.1) is 5.92 Å². The molecule has 0 aliphatic carbocycles. The van der Waals surface area contributed by atoms with Gasteiger partial charge in [0.15, 0.2) is 9.84 Å². The number of sulfone groups is 1. The first kappa shape index (κ1) is 19.2. The van der Waals surface area contributed by atoms with E-state index in [-0.39, 0.29) is 29.5 Å². The van der Waals surface area contributed by atoms with Crippen molar-refractivity contribution in [1.82, 2.24) is 5.32 Å². The van der Waals surface area contributed by atoms with E-state index < -0.39 is 21.7 Å². The van der Waals surface area contributed by atoms with Crippen molar-refractivity contribution in [3.05, 3.63) is 29.8 Å². The SMILES string of the molecule is CCCC(CNC(=O)Cc1ccc(S(=O)(=O)CC)cc1)C(=O)O. The summed E-state index contributed by atoms with van der Waals surface area (Å²) in [4.78, 5) is 23.1. The Morgan fingerprint density at radius 1 is 1.17 bits per heavy atom. The van der Waals surface area contributed by atoms with Crippen LogP contribution in [0.25, 0.3) is 0 Å². The highest BCUT2D eigenvalue weighted by Gasteiger charge is 2.17. The zero-order valence-electron chi connectivity index (χ0n) is 13.4. The van der Waals surface area contributed by atoms with Crippen molar-refractivity contribution in [3.8, 4) is 0 Å². The summed E-state index contributed by atoms with van der Waals surface area (Å²) in [6.07, 6.45) is 1.34. The van der Waals surface area contributed by atoms with Gasteiger partial charge >= 0.3 is 5.97 Å². The molecule has 0 aromatic heterocycles. The van der Waals surface area contributed by atoms with Gasteiger partial charge in [-0.05, 0) is 24.1 Å². The minimum Gasteiger partial charge on any atom is -0.481 e. The third-order valence-electron chi connectivity index (χ3n) is 3.56. The Morgan fingerprint density at radius 3 is 2.26 bits per heavy atom. The van der Waals surface area contributed by atoms with Crippen molar-refractivity contribution >= 4 is 21.7 Å². The fourth-order valence-corrected chi connectivity index (χ4v) is 3.01. The first-order chi connectivity index (χ1) is 10.8. The number of carbonyl (C=O) groups excluding carboxylic acids is 1. The normalized spacial score (nSPS) is 12.6. The quantitative estimate of drug-likeness (QED) is 0.711. The molecule has 23 heavy (non-hydrogen) atoms. The van der Waals surface area contributed by atoms with Gasteiger partial charge in [-0.25, -0.2) is 8.42 Å². The lowest BCUT2D eigenvalue weighted by molar-refractivity contribution is -0.141. The molecular weight excluding hydrogens is 318 g/mol. The highest BCUT2D eigenvalue weighted by atomic mass is 32.2. The highest BCUT2D eigenvalue weighted by molar-refractivity contribution is 7.91. The number of hydrogen-bond donors (Lipinski definition) is 2. The molecular formula is C16H23NO5S. The summed E-state index contributed by atoms with van der Waals surface area (Å²) >= 11 is 0. The van der Waals surface area contributed by atoms with Crippen LogP contribution in [0.1, 0.15) is 32.3 Å². The number of amides is 1. The van der Waals surface area contributed by atoms with Crippen molar-refractivity contribution in [1.29, 1.82) is 0 Å². The number of aliphatic carboxylic acids is 1. The molecule has 0 spiro atoms. The average molecular weight is 341 g/mol. The van der Waals surface area contributed by atoms with Gasteiger partial charge in [-0.15, -0.1) is 0 Å². The van der Waals surface area contributed by atoms with Crippen LogP contribution in [-0.4, -0.2) is 37.7 Å². The van der Waals surface area contributed by atoms with Crippen molar-refractivity contribution in [2.45, 2.75) is 38.0 Å². The number of rotatable bonds is 9. The van der Waals surface area contributed by atoms with Gasteiger partial charge in [0.2, 0.25) is 5.91 Å². The molecule has 0 saturated heterocycles. The van der Waals surface area contributed by atoms with E-state index in [4.69, 9.17) is 5.11 Å². The number of carboxylic acid groups (broad SMARTS) is 1. The van der Waals surface area contributed by atoms with Crippen LogP contribution < -0.4 is 5.32 Å². The monoisotopic (exact) mass is 341 g/mol. The molecule has 0 aliphatic rings. The van der Waals surface area contributed by atoms with Gasteiger partial charge in [-0.3, -0.25) is 9.59 Å². The molecule has 0 saturated carbocycles. The predicted octanol–water partition coefficient (Wildman–Crippen LogP) is 1.64. The Hall–Kier alpha value is -1.89. The number of nitrogens with one attached hydrogen (secondary N) is 1. The van der Waals surface area contributed by atoms with Gasteiger partial charge in [0.1, 0.15) is 0 Å². The Kier molecular flexibility index (Phi) is 7.22. The van der Waals surface area contributed by atoms with Crippen LogP contribution in [0.5, 0.6) is 0 Å². The van der Waals surface area contributed by atoms with Crippen LogP contribution in [0.2, 0.25) is 0 Å². The second-order valence-corrected chi connectivity index (χ2v) is 7.63. The third-order valence-corrected chi connectivity index (χ3v) is 5.31. The summed E-state index contributed by atoms with van der Waals surface area (Å²) in [5.41, 5.74) is 0.680. The maximum Gasteiger partial charge on any atom is 0.308 e. The van der Waals surface area contributed by atoms with E-state index in [1.807, 2.05) is 6.92 Å². The van der Waals surface area contributed by atoms with Crippen LogP contribution in [-0.2, 0) is 25.8 Å². The fourth-order valence-electron chi connectivity index (χ4n) is 2.13. The molecule has 1 atom stereocenters. The predicted molar refractivity (Wildman–Crippen MR) is 86.9 cm³/mol. The van der Waals surface area contributed by atoms with E-state index in [0.29, 0.717) is 12.0 Å². The summed E-state index contributed by atoms with van der Waals surface area (Å²) in [7, 11) is -3.25. The topological polar surface area (TPSA) is 101 Å². The van der Waals surface area contributed by atoms with E-state index in [2.05, 4.69) is 5.32 Å². The molecule has 0 fully saturated rings. The summed E-state index contributed by atoms with van der Waals surface area (Å²) in [6, 6.07) is 6.17. The molecule has 0 heterocycles. The lowest BCUT2D eigenvalue weighted by Crippen LogP contribution is -2.33. The Bertz CT molecular complexity index is 637. The molecule has 2 N–H and O–H groups in total. The van der Waals surface area contributed by atoms with E-state index >= 15 is 0 Å². The van der Waals surface area contributed by atoms with Crippen molar-refractivity contribution in [2.24, 2.45) is 5.92 Å². The maximum atomic E-state index is 11.9. The van der Waals surface area contributed by atoms with E-state index in [1.165, 1.54) is 12.1 Å². The number of benzene rings is 1. The minimum absolute atomic E-state index is 0.0286. The third kappa shape index (κ3) is 6.02. The first-order valence-electron chi connectivity index (χ1n) is 7.61. The summed E-state index contributed by atoms with van der Waals surface area (Å²) < 4.78 is 23.4. The number of carboxylic acids is 1. The lowest BCUT2D eigenvalue weighted by atomic mass is 10.0. The van der Waals surface area contributed by atoms with Gasteiger partial charge < -0.3 is 10.4 Å². The zero-order valence-corrected chi connectivity index (χ0v) is 14.2. The van der Waals surface area contributed by atoms with Crippen LogP contribution in [0.4, 0.5) is 0 Å². The second kappa shape index (κ2) is 8.67. The Morgan fingerprint density at radius 2 is 1.78 bits per heavy atom. The minimum atomic E-state index is -3.25. The smallest absolute Gasteiger partial charge is 0.308 e. The van der Waals surface area contributed by atoms with E-state index in [1.54, 1.807) is 19.1 Å². The highest BCUT2D eigenvalue weighted by Crippen LogP contribution is 2.13. The molecule has 128 valence electrons. The van der Waals surface area contributed by atoms with Gasteiger partial charge in [-0.1, -0.05) is 32.4 Å². The summed E-state index contributed by atoms with van der Waals surface area (Å²) in [5, 5.41) is 11.6. The summed E-state index contributed by atoms with van der Waals surface area (Å²) in [6.45, 7) is 3.57. The molecule has 1 aromatic rings. The molecule has 0 bridgehead atoms. The van der Waals surface area contributed by atoms with Crippen LogP contribution in [0.15, 0.2) is 29.2 Å².